The molecule has 0 bridgehead atoms. The minimum absolute atomic E-state index is 0.0162. The van der Waals surface area contributed by atoms with E-state index in [9.17, 15) is 14.4 Å². The topological polar surface area (TPSA) is 86.7 Å². The standard InChI is InChI=1S/C20H26N2O4/c23-18-12-15(13-22(18)16-8-4-5-9-16)20(26)21-17(10-11-19(24)25)14-6-2-1-3-7-14/h1-3,6-7,15-17H,4-5,8-13H2,(H,21,26)(H,24,25)/t15-,17-/m0/s1. The van der Waals surface area contributed by atoms with Crippen molar-refractivity contribution in [2.75, 3.05) is 6.54 Å². The van der Waals surface area contributed by atoms with Gasteiger partial charge < -0.3 is 15.3 Å². The summed E-state index contributed by atoms with van der Waals surface area (Å²) in [4.78, 5) is 37.9. The number of benzene rings is 1. The van der Waals surface area contributed by atoms with E-state index < -0.39 is 5.97 Å². The molecule has 2 fully saturated rings. The number of likely N-dealkylation sites (tertiary alicyclic amines) is 1. The molecule has 0 radical (unpaired) electrons. The quantitative estimate of drug-likeness (QED) is 0.784. The number of nitrogens with zero attached hydrogens (tertiary/aromatic N) is 1. The van der Waals surface area contributed by atoms with Gasteiger partial charge in [0.1, 0.15) is 0 Å². The Balaban J connectivity index is 1.63. The predicted octanol–water partition coefficient (Wildman–Crippen LogP) is 2.50. The van der Waals surface area contributed by atoms with Crippen molar-refractivity contribution in [1.82, 2.24) is 10.2 Å². The first-order valence-electron chi connectivity index (χ1n) is 9.41. The van der Waals surface area contributed by atoms with Crippen molar-refractivity contribution in [3.05, 3.63) is 35.9 Å². The first-order valence-corrected chi connectivity index (χ1v) is 9.41. The zero-order valence-electron chi connectivity index (χ0n) is 14.9. The zero-order chi connectivity index (χ0) is 18.5. The number of rotatable bonds is 7. The van der Waals surface area contributed by atoms with E-state index in [1.807, 2.05) is 35.2 Å². The summed E-state index contributed by atoms with van der Waals surface area (Å²) in [6.45, 7) is 0.482. The number of aliphatic carboxylic acids is 1. The van der Waals surface area contributed by atoms with Gasteiger partial charge in [0, 0.05) is 25.4 Å². The van der Waals surface area contributed by atoms with Gasteiger partial charge in [0.25, 0.3) is 0 Å². The van der Waals surface area contributed by atoms with E-state index in [1.54, 1.807) is 0 Å². The van der Waals surface area contributed by atoms with Crippen LogP contribution in [-0.4, -0.2) is 40.4 Å². The molecular weight excluding hydrogens is 332 g/mol. The average molecular weight is 358 g/mol. The average Bonchev–Trinajstić information content (AvgIpc) is 3.28. The SMILES string of the molecule is O=C(O)CC[C@H](NC(=O)[C@H]1CC(=O)N(C2CCCC2)C1)c1ccccc1. The van der Waals surface area contributed by atoms with E-state index in [1.165, 1.54) is 0 Å². The molecule has 6 heteroatoms. The van der Waals surface area contributed by atoms with Crippen molar-refractivity contribution < 1.29 is 19.5 Å². The second-order valence-electron chi connectivity index (χ2n) is 7.29. The van der Waals surface area contributed by atoms with Crippen molar-refractivity contribution in [3.8, 4) is 0 Å². The van der Waals surface area contributed by atoms with E-state index in [2.05, 4.69) is 5.32 Å². The van der Waals surface area contributed by atoms with Crippen LogP contribution in [0.1, 0.15) is 56.6 Å². The Kier molecular flexibility index (Phi) is 5.91. The fourth-order valence-electron chi connectivity index (χ4n) is 4.04. The van der Waals surface area contributed by atoms with Gasteiger partial charge in [0.15, 0.2) is 0 Å². The monoisotopic (exact) mass is 358 g/mol. The zero-order valence-corrected chi connectivity index (χ0v) is 14.9. The third-order valence-electron chi connectivity index (χ3n) is 5.46. The molecule has 2 amide bonds. The molecule has 2 aliphatic rings. The molecule has 1 aliphatic heterocycles. The maximum Gasteiger partial charge on any atom is 0.303 e. The summed E-state index contributed by atoms with van der Waals surface area (Å²) in [7, 11) is 0. The minimum atomic E-state index is -0.886. The normalized spacial score (nSPS) is 21.8. The number of nitrogens with one attached hydrogen (secondary N) is 1. The summed E-state index contributed by atoms with van der Waals surface area (Å²) < 4.78 is 0. The van der Waals surface area contributed by atoms with Crippen LogP contribution in [0.25, 0.3) is 0 Å². The highest BCUT2D eigenvalue weighted by molar-refractivity contribution is 5.89. The van der Waals surface area contributed by atoms with Crippen LogP contribution in [0.5, 0.6) is 0 Å². The molecule has 26 heavy (non-hydrogen) atoms. The molecule has 1 saturated heterocycles. The van der Waals surface area contributed by atoms with Crippen LogP contribution in [0.15, 0.2) is 30.3 Å². The van der Waals surface area contributed by atoms with Crippen LogP contribution in [0.2, 0.25) is 0 Å². The van der Waals surface area contributed by atoms with Gasteiger partial charge >= 0.3 is 5.97 Å². The summed E-state index contributed by atoms with van der Waals surface area (Å²) >= 11 is 0. The molecule has 2 atom stereocenters. The summed E-state index contributed by atoms with van der Waals surface area (Å²) in [5, 5.41) is 12.0. The van der Waals surface area contributed by atoms with E-state index in [-0.39, 0.29) is 42.7 Å². The van der Waals surface area contributed by atoms with Gasteiger partial charge in [0.2, 0.25) is 11.8 Å². The fourth-order valence-corrected chi connectivity index (χ4v) is 4.04. The lowest BCUT2D eigenvalue weighted by Crippen LogP contribution is -2.38. The molecular formula is C20H26N2O4. The summed E-state index contributed by atoms with van der Waals surface area (Å²) in [6.07, 6.45) is 4.93. The smallest absolute Gasteiger partial charge is 0.303 e. The molecule has 6 nitrogen and oxygen atoms in total. The molecule has 1 saturated carbocycles. The van der Waals surface area contributed by atoms with Crippen molar-refractivity contribution in [1.29, 1.82) is 0 Å². The summed E-state index contributed by atoms with van der Waals surface area (Å²) in [5.74, 6) is -1.32. The third kappa shape index (κ3) is 4.42. The first-order chi connectivity index (χ1) is 12.5. The van der Waals surface area contributed by atoms with Crippen LogP contribution in [0.3, 0.4) is 0 Å². The fraction of sp³-hybridized carbons (Fsp3) is 0.550. The van der Waals surface area contributed by atoms with Gasteiger partial charge in [-0.2, -0.15) is 0 Å². The molecule has 0 aromatic heterocycles. The Hall–Kier alpha value is -2.37. The van der Waals surface area contributed by atoms with Gasteiger partial charge in [-0.15, -0.1) is 0 Å². The number of carbonyl (C=O) groups is 3. The first kappa shape index (κ1) is 18.4. The van der Waals surface area contributed by atoms with Crippen LogP contribution in [0, 0.1) is 5.92 Å². The lowest BCUT2D eigenvalue weighted by atomic mass is 10.00. The number of hydrogen-bond donors (Lipinski definition) is 2. The van der Waals surface area contributed by atoms with E-state index in [4.69, 9.17) is 5.11 Å². The second kappa shape index (κ2) is 8.34. The molecule has 1 aromatic rings. The van der Waals surface area contributed by atoms with Crippen LogP contribution < -0.4 is 5.32 Å². The van der Waals surface area contributed by atoms with E-state index >= 15 is 0 Å². The molecule has 140 valence electrons. The maximum atomic E-state index is 12.7. The molecule has 0 unspecified atom stereocenters. The Labute approximate surface area is 153 Å². The lowest BCUT2D eigenvalue weighted by molar-refractivity contribution is -0.137. The Morgan fingerprint density at radius 1 is 1.19 bits per heavy atom. The number of amides is 2. The molecule has 1 aliphatic carbocycles. The van der Waals surface area contributed by atoms with Gasteiger partial charge in [-0.3, -0.25) is 14.4 Å². The van der Waals surface area contributed by atoms with Crippen LogP contribution in [0.4, 0.5) is 0 Å². The number of carboxylic acids is 1. The highest BCUT2D eigenvalue weighted by atomic mass is 16.4. The van der Waals surface area contributed by atoms with E-state index in [0.717, 1.165) is 31.2 Å². The lowest BCUT2D eigenvalue weighted by Gasteiger charge is -2.24. The van der Waals surface area contributed by atoms with Gasteiger partial charge in [-0.25, -0.2) is 0 Å². The predicted molar refractivity (Wildman–Crippen MR) is 96.3 cm³/mol. The Morgan fingerprint density at radius 3 is 2.54 bits per heavy atom. The van der Waals surface area contributed by atoms with Crippen LogP contribution in [-0.2, 0) is 14.4 Å². The maximum absolute atomic E-state index is 12.7. The summed E-state index contributed by atoms with van der Waals surface area (Å²) in [6, 6.07) is 9.34. The highest BCUT2D eigenvalue weighted by Gasteiger charge is 2.39. The molecule has 3 rings (SSSR count). The number of carboxylic acid groups (broad SMARTS) is 1. The van der Waals surface area contributed by atoms with Crippen molar-refractivity contribution in [3.63, 3.8) is 0 Å². The van der Waals surface area contributed by atoms with Gasteiger partial charge in [-0.1, -0.05) is 43.2 Å². The van der Waals surface area contributed by atoms with Gasteiger partial charge in [0.05, 0.1) is 12.0 Å². The molecule has 1 heterocycles. The van der Waals surface area contributed by atoms with Gasteiger partial charge in [-0.05, 0) is 24.8 Å². The highest BCUT2D eigenvalue weighted by Crippen LogP contribution is 2.30. The minimum Gasteiger partial charge on any atom is -0.481 e. The van der Waals surface area contributed by atoms with Crippen molar-refractivity contribution in [2.24, 2.45) is 5.92 Å². The van der Waals surface area contributed by atoms with E-state index in [0.29, 0.717) is 13.0 Å². The van der Waals surface area contributed by atoms with Crippen molar-refractivity contribution in [2.45, 2.75) is 57.0 Å². The summed E-state index contributed by atoms with van der Waals surface area (Å²) in [5.41, 5.74) is 0.888. The van der Waals surface area contributed by atoms with Crippen molar-refractivity contribution >= 4 is 17.8 Å². The molecule has 1 aromatic carbocycles. The largest absolute Gasteiger partial charge is 0.481 e. The Morgan fingerprint density at radius 2 is 1.88 bits per heavy atom. The molecule has 0 spiro atoms. The van der Waals surface area contributed by atoms with Crippen LogP contribution >= 0.6 is 0 Å². The third-order valence-corrected chi connectivity index (χ3v) is 5.46. The number of carbonyl (C=O) groups excluding carboxylic acids is 2. The molecule has 2 N–H and O–H groups in total. The Bertz CT molecular complexity index is 655. The number of hydrogen-bond acceptors (Lipinski definition) is 3. The second-order valence-corrected chi connectivity index (χ2v) is 7.29.